The van der Waals surface area contributed by atoms with Crippen LogP contribution in [0.1, 0.15) is 31.4 Å². The molecule has 1 atom stereocenters. The van der Waals surface area contributed by atoms with Crippen LogP contribution in [0.2, 0.25) is 5.02 Å². The van der Waals surface area contributed by atoms with E-state index < -0.39 is 5.60 Å². The van der Waals surface area contributed by atoms with Crippen LogP contribution in [0.25, 0.3) is 0 Å². The lowest BCUT2D eigenvalue weighted by Gasteiger charge is -2.27. The minimum atomic E-state index is -0.516. The Morgan fingerprint density at radius 2 is 1.52 bits per heavy atom. The Labute approximate surface area is 131 Å². The van der Waals surface area contributed by atoms with E-state index in [4.69, 9.17) is 16.3 Å². The Morgan fingerprint density at radius 3 is 2.00 bits per heavy atom. The summed E-state index contributed by atoms with van der Waals surface area (Å²) in [4.78, 5) is 0. The molecule has 0 aliphatic heterocycles. The van der Waals surface area contributed by atoms with Crippen LogP contribution < -0.4 is 4.74 Å². The van der Waals surface area contributed by atoms with Gasteiger partial charge in [-0.2, -0.15) is 0 Å². The molecule has 0 unspecified atom stereocenters. The maximum atomic E-state index is 9.38. The number of benzene rings is 2. The molecule has 0 aliphatic carbocycles. The zero-order valence-corrected chi connectivity index (χ0v) is 13.2. The van der Waals surface area contributed by atoms with Crippen molar-refractivity contribution in [2.75, 3.05) is 6.61 Å². The molecule has 0 aromatic heterocycles. The lowest BCUT2D eigenvalue weighted by molar-refractivity contribution is 0.0219. The molecular formula is C18H21ClO2. The summed E-state index contributed by atoms with van der Waals surface area (Å²) in [5.41, 5.74) is 1.92. The molecule has 2 rings (SSSR count). The number of rotatable bonds is 6. The van der Waals surface area contributed by atoms with Crippen molar-refractivity contribution in [3.05, 3.63) is 64.7 Å². The highest BCUT2D eigenvalue weighted by atomic mass is 35.5. The fraction of sp³-hybridized carbons (Fsp3) is 0.333. The molecule has 0 bridgehead atoms. The standard InChI is InChI=1S/C18H21ClO2/c1-3-18(2,13-20)21-17-10-6-15(7-11-17)12-14-4-8-16(19)9-5-14/h4-11,20H,3,12-13H2,1-2H3/t18-/m0/s1. The molecule has 1 N–H and O–H groups in total. The number of ether oxygens (including phenoxy) is 1. The summed E-state index contributed by atoms with van der Waals surface area (Å²) in [6.07, 6.45) is 1.62. The highest BCUT2D eigenvalue weighted by Crippen LogP contribution is 2.22. The Morgan fingerprint density at radius 1 is 1.00 bits per heavy atom. The highest BCUT2D eigenvalue weighted by molar-refractivity contribution is 6.30. The van der Waals surface area contributed by atoms with E-state index >= 15 is 0 Å². The molecule has 2 nitrogen and oxygen atoms in total. The Hall–Kier alpha value is -1.51. The molecule has 0 radical (unpaired) electrons. The summed E-state index contributed by atoms with van der Waals surface area (Å²) < 4.78 is 5.85. The third-order valence-electron chi connectivity index (χ3n) is 3.69. The van der Waals surface area contributed by atoms with Gasteiger partial charge in [-0.05, 0) is 55.2 Å². The van der Waals surface area contributed by atoms with Crippen molar-refractivity contribution >= 4 is 11.6 Å². The van der Waals surface area contributed by atoms with E-state index in [9.17, 15) is 5.11 Å². The summed E-state index contributed by atoms with van der Waals surface area (Å²) >= 11 is 5.89. The molecular weight excluding hydrogens is 284 g/mol. The second-order valence-corrected chi connectivity index (χ2v) is 5.95. The van der Waals surface area contributed by atoms with Gasteiger partial charge in [0, 0.05) is 5.02 Å². The Kier molecular flexibility index (Phi) is 5.27. The van der Waals surface area contributed by atoms with Crippen molar-refractivity contribution in [3.8, 4) is 5.75 Å². The van der Waals surface area contributed by atoms with Gasteiger partial charge in [-0.1, -0.05) is 42.8 Å². The van der Waals surface area contributed by atoms with Gasteiger partial charge < -0.3 is 9.84 Å². The zero-order valence-electron chi connectivity index (χ0n) is 12.5. The largest absolute Gasteiger partial charge is 0.485 e. The van der Waals surface area contributed by atoms with Crippen LogP contribution in [0.5, 0.6) is 5.75 Å². The van der Waals surface area contributed by atoms with Gasteiger partial charge in [0.15, 0.2) is 0 Å². The van der Waals surface area contributed by atoms with Crippen molar-refractivity contribution in [3.63, 3.8) is 0 Å². The molecule has 21 heavy (non-hydrogen) atoms. The van der Waals surface area contributed by atoms with Crippen LogP contribution in [0.4, 0.5) is 0 Å². The van der Waals surface area contributed by atoms with E-state index in [1.807, 2.05) is 50.2 Å². The Bertz CT molecular complexity index is 557. The first-order valence-corrected chi connectivity index (χ1v) is 7.56. The first kappa shape index (κ1) is 15.9. The van der Waals surface area contributed by atoms with Crippen LogP contribution in [0, 0.1) is 0 Å². The average molecular weight is 305 g/mol. The van der Waals surface area contributed by atoms with Gasteiger partial charge in [0.25, 0.3) is 0 Å². The fourth-order valence-electron chi connectivity index (χ4n) is 2.01. The molecule has 112 valence electrons. The van der Waals surface area contributed by atoms with Crippen molar-refractivity contribution in [2.45, 2.75) is 32.3 Å². The average Bonchev–Trinajstić information content (AvgIpc) is 2.51. The maximum Gasteiger partial charge on any atom is 0.129 e. The zero-order chi connectivity index (χ0) is 15.3. The second kappa shape index (κ2) is 6.97. The first-order valence-electron chi connectivity index (χ1n) is 7.18. The van der Waals surface area contributed by atoms with Crippen LogP contribution in [-0.4, -0.2) is 17.3 Å². The minimum Gasteiger partial charge on any atom is -0.485 e. The molecule has 0 saturated heterocycles. The lowest BCUT2D eigenvalue weighted by Crippen LogP contribution is -2.35. The van der Waals surface area contributed by atoms with Crippen LogP contribution >= 0.6 is 11.6 Å². The smallest absolute Gasteiger partial charge is 0.129 e. The fourth-order valence-corrected chi connectivity index (χ4v) is 2.14. The van der Waals surface area contributed by atoms with Crippen molar-refractivity contribution in [1.29, 1.82) is 0 Å². The van der Waals surface area contributed by atoms with E-state index in [1.54, 1.807) is 0 Å². The molecule has 0 fully saturated rings. The molecule has 0 saturated carbocycles. The summed E-state index contributed by atoms with van der Waals surface area (Å²) in [7, 11) is 0. The lowest BCUT2D eigenvalue weighted by atomic mass is 10.0. The van der Waals surface area contributed by atoms with E-state index in [0.717, 1.165) is 23.6 Å². The SMILES string of the molecule is CC[C@@](C)(CO)Oc1ccc(Cc2ccc(Cl)cc2)cc1. The molecule has 0 amide bonds. The summed E-state index contributed by atoms with van der Waals surface area (Å²) in [5, 5.41) is 10.1. The van der Waals surface area contributed by atoms with Crippen LogP contribution in [0.15, 0.2) is 48.5 Å². The van der Waals surface area contributed by atoms with Crippen molar-refractivity contribution < 1.29 is 9.84 Å². The Balaban J connectivity index is 2.03. The topological polar surface area (TPSA) is 29.5 Å². The van der Waals surface area contributed by atoms with Gasteiger partial charge in [0.05, 0.1) is 6.61 Å². The molecule has 0 heterocycles. The predicted octanol–water partition coefficient (Wildman–Crippen LogP) is 4.47. The number of aliphatic hydroxyl groups excluding tert-OH is 1. The van der Waals surface area contributed by atoms with Crippen molar-refractivity contribution in [2.24, 2.45) is 0 Å². The van der Waals surface area contributed by atoms with E-state index in [2.05, 4.69) is 12.1 Å². The van der Waals surface area contributed by atoms with Gasteiger partial charge in [-0.3, -0.25) is 0 Å². The van der Waals surface area contributed by atoms with E-state index in [-0.39, 0.29) is 6.61 Å². The van der Waals surface area contributed by atoms with E-state index in [0.29, 0.717) is 0 Å². The number of halogens is 1. The summed E-state index contributed by atoms with van der Waals surface area (Å²) in [6, 6.07) is 15.9. The second-order valence-electron chi connectivity index (χ2n) is 5.51. The molecule has 0 aliphatic rings. The number of aliphatic hydroxyl groups is 1. The van der Waals surface area contributed by atoms with Crippen LogP contribution in [-0.2, 0) is 6.42 Å². The quantitative estimate of drug-likeness (QED) is 0.853. The summed E-state index contributed by atoms with van der Waals surface area (Å²) in [6.45, 7) is 3.93. The van der Waals surface area contributed by atoms with Gasteiger partial charge in [0.2, 0.25) is 0 Å². The number of hydrogen-bond acceptors (Lipinski definition) is 2. The third-order valence-corrected chi connectivity index (χ3v) is 3.94. The van der Waals surface area contributed by atoms with Crippen molar-refractivity contribution in [1.82, 2.24) is 0 Å². The molecule has 2 aromatic carbocycles. The summed E-state index contributed by atoms with van der Waals surface area (Å²) in [5.74, 6) is 0.785. The predicted molar refractivity (Wildman–Crippen MR) is 87.1 cm³/mol. The van der Waals surface area contributed by atoms with Crippen LogP contribution in [0.3, 0.4) is 0 Å². The van der Waals surface area contributed by atoms with Gasteiger partial charge in [-0.25, -0.2) is 0 Å². The maximum absolute atomic E-state index is 9.38. The third kappa shape index (κ3) is 4.48. The van der Waals surface area contributed by atoms with E-state index in [1.165, 1.54) is 11.1 Å². The molecule has 3 heteroatoms. The monoisotopic (exact) mass is 304 g/mol. The normalized spacial score (nSPS) is 13.7. The minimum absolute atomic E-state index is 0.00995. The first-order chi connectivity index (χ1) is 10.0. The van der Waals surface area contributed by atoms with Gasteiger partial charge in [-0.15, -0.1) is 0 Å². The molecule has 0 spiro atoms. The molecule has 2 aromatic rings. The number of hydrogen-bond donors (Lipinski definition) is 1. The highest BCUT2D eigenvalue weighted by Gasteiger charge is 2.22. The van der Waals surface area contributed by atoms with Gasteiger partial charge in [0.1, 0.15) is 11.4 Å². The van der Waals surface area contributed by atoms with Gasteiger partial charge >= 0.3 is 0 Å².